The summed E-state index contributed by atoms with van der Waals surface area (Å²) >= 11 is 0. The molecule has 1 atom stereocenters. The van der Waals surface area contributed by atoms with Gasteiger partial charge >= 0.3 is 5.97 Å². The highest BCUT2D eigenvalue weighted by Crippen LogP contribution is 2.35. The maximum Gasteiger partial charge on any atom is 0.335 e. The molecule has 2 aromatic carbocycles. The van der Waals surface area contributed by atoms with E-state index in [1.54, 1.807) is 44.3 Å². The van der Waals surface area contributed by atoms with Crippen LogP contribution in [-0.2, 0) is 13.0 Å². The monoisotopic (exact) mass is 501 g/mol. The summed E-state index contributed by atoms with van der Waals surface area (Å²) in [4.78, 5) is 46.1. The van der Waals surface area contributed by atoms with Crippen LogP contribution < -0.4 is 10.6 Å². The molecule has 0 saturated carbocycles. The Morgan fingerprint density at radius 2 is 1.95 bits per heavy atom. The molecule has 37 heavy (non-hydrogen) atoms. The molecule has 2 aromatic heterocycles. The van der Waals surface area contributed by atoms with Crippen LogP contribution in [0.1, 0.15) is 71.6 Å². The van der Waals surface area contributed by atoms with E-state index in [9.17, 15) is 23.9 Å². The first kappa shape index (κ1) is 24.1. The first-order valence-electron chi connectivity index (χ1n) is 11.8. The van der Waals surface area contributed by atoms with Gasteiger partial charge in [-0.3, -0.25) is 14.0 Å². The van der Waals surface area contributed by atoms with Crippen molar-refractivity contribution >= 4 is 23.6 Å². The van der Waals surface area contributed by atoms with E-state index in [-0.39, 0.29) is 41.1 Å². The number of amides is 2. The molecule has 0 fully saturated rings. The zero-order chi connectivity index (χ0) is 26.3. The number of carbonyl (C=O) groups excluding carboxylic acids is 2. The van der Waals surface area contributed by atoms with E-state index in [2.05, 4.69) is 20.6 Å². The van der Waals surface area contributed by atoms with Gasteiger partial charge in [-0.1, -0.05) is 18.2 Å². The molecule has 188 valence electrons. The molecule has 2 heterocycles. The number of hydrogen-bond donors (Lipinski definition) is 3. The topological polar surface area (TPSA) is 126 Å². The second kappa shape index (κ2) is 9.45. The minimum Gasteiger partial charge on any atom is -0.478 e. The molecule has 0 spiro atoms. The molecule has 2 amide bonds. The van der Waals surface area contributed by atoms with Crippen LogP contribution in [0.15, 0.2) is 48.8 Å². The summed E-state index contributed by atoms with van der Waals surface area (Å²) in [5, 5.41) is 15.2. The molecule has 10 heteroatoms. The summed E-state index contributed by atoms with van der Waals surface area (Å²) in [5.74, 6) is -2.01. The number of rotatable bonds is 6. The molecular weight excluding hydrogens is 477 g/mol. The fourth-order valence-electron chi connectivity index (χ4n) is 4.78. The zero-order valence-electron chi connectivity index (χ0n) is 20.2. The van der Waals surface area contributed by atoms with Crippen molar-refractivity contribution in [3.8, 4) is 0 Å². The van der Waals surface area contributed by atoms with Crippen molar-refractivity contribution in [2.45, 2.75) is 39.3 Å². The molecular formula is C27H24FN5O4. The Bertz CT molecular complexity index is 1580. The van der Waals surface area contributed by atoms with Crippen LogP contribution in [0.2, 0.25) is 0 Å². The molecule has 5 rings (SSSR count). The van der Waals surface area contributed by atoms with Crippen LogP contribution in [0.4, 0.5) is 4.39 Å². The van der Waals surface area contributed by atoms with Crippen molar-refractivity contribution in [1.29, 1.82) is 0 Å². The summed E-state index contributed by atoms with van der Waals surface area (Å²) in [6.45, 7) is 3.59. The van der Waals surface area contributed by atoms with Gasteiger partial charge in [-0.05, 0) is 72.7 Å². The number of aryl methyl sites for hydroxylation is 1. The second-order valence-corrected chi connectivity index (χ2v) is 9.07. The maximum absolute atomic E-state index is 13.5. The maximum atomic E-state index is 13.5. The van der Waals surface area contributed by atoms with E-state index in [4.69, 9.17) is 0 Å². The van der Waals surface area contributed by atoms with E-state index < -0.39 is 17.8 Å². The Balaban J connectivity index is 1.37. The van der Waals surface area contributed by atoms with Gasteiger partial charge in [-0.2, -0.15) is 0 Å². The van der Waals surface area contributed by atoms with Gasteiger partial charge in [-0.15, -0.1) is 0 Å². The van der Waals surface area contributed by atoms with Crippen LogP contribution in [0.3, 0.4) is 0 Å². The van der Waals surface area contributed by atoms with Gasteiger partial charge in [0, 0.05) is 18.9 Å². The number of nitrogens with one attached hydrogen (secondary N) is 2. The van der Waals surface area contributed by atoms with Gasteiger partial charge < -0.3 is 15.7 Å². The molecule has 3 N–H and O–H groups in total. The van der Waals surface area contributed by atoms with Crippen molar-refractivity contribution < 1.29 is 23.9 Å². The van der Waals surface area contributed by atoms with Crippen molar-refractivity contribution in [2.75, 3.05) is 0 Å². The highest BCUT2D eigenvalue weighted by Gasteiger charge is 2.28. The van der Waals surface area contributed by atoms with E-state index in [1.807, 2.05) is 0 Å². The third kappa shape index (κ3) is 4.53. The molecule has 0 aliphatic heterocycles. The van der Waals surface area contributed by atoms with Gasteiger partial charge in [0.2, 0.25) is 5.78 Å². The SMILES string of the molecule is Cc1cc(CNC(=O)c2cc(C(=O)N[C@H]3CCc4c3ccc(C(=O)O)c4C)n3ccnc3n2)ccc1F. The molecule has 1 aliphatic carbocycles. The molecule has 0 radical (unpaired) electrons. The van der Waals surface area contributed by atoms with E-state index >= 15 is 0 Å². The Kier molecular flexibility index (Phi) is 6.16. The number of imidazole rings is 1. The Morgan fingerprint density at radius 1 is 1.14 bits per heavy atom. The minimum atomic E-state index is -0.979. The Labute approximate surface area is 211 Å². The Morgan fingerprint density at radius 3 is 2.70 bits per heavy atom. The van der Waals surface area contributed by atoms with Crippen molar-refractivity contribution in [2.24, 2.45) is 0 Å². The number of aromatic nitrogens is 3. The molecule has 0 unspecified atom stereocenters. The highest BCUT2D eigenvalue weighted by molar-refractivity contribution is 5.98. The number of hydrogen-bond acceptors (Lipinski definition) is 5. The van der Waals surface area contributed by atoms with Crippen LogP contribution in [0.5, 0.6) is 0 Å². The lowest BCUT2D eigenvalue weighted by molar-refractivity contribution is 0.0695. The van der Waals surface area contributed by atoms with Gasteiger partial charge in [0.25, 0.3) is 11.8 Å². The average Bonchev–Trinajstić information content (AvgIpc) is 3.51. The molecule has 4 aromatic rings. The first-order chi connectivity index (χ1) is 17.7. The number of aromatic carboxylic acids is 1. The Hall–Kier alpha value is -4.60. The lowest BCUT2D eigenvalue weighted by atomic mass is 9.98. The van der Waals surface area contributed by atoms with Crippen LogP contribution >= 0.6 is 0 Å². The molecule has 0 bridgehead atoms. The number of carboxylic acids is 1. The molecule has 1 aliphatic rings. The van der Waals surface area contributed by atoms with Crippen LogP contribution in [0, 0.1) is 19.7 Å². The number of halogens is 1. The predicted molar refractivity (Wildman–Crippen MR) is 132 cm³/mol. The summed E-state index contributed by atoms with van der Waals surface area (Å²) in [6, 6.07) is 9.01. The summed E-state index contributed by atoms with van der Waals surface area (Å²) < 4.78 is 15.0. The standard InChI is InChI=1S/C27H24FN5O4/c1-14-11-16(3-7-20(14)28)13-30-24(34)22-12-23(33-10-9-29-27(33)32-22)25(35)31-21-8-6-17-15(2)18(26(36)37)4-5-19(17)21/h3-5,7,9-12,21H,6,8,13H2,1-2H3,(H,30,34)(H,31,35)(H,36,37)/t21-/m0/s1. The van der Waals surface area contributed by atoms with E-state index in [1.165, 1.54) is 22.7 Å². The number of carbonyl (C=O) groups is 3. The van der Waals surface area contributed by atoms with Gasteiger partial charge in [-0.25, -0.2) is 19.2 Å². The predicted octanol–water partition coefficient (Wildman–Crippen LogP) is 3.53. The fourth-order valence-corrected chi connectivity index (χ4v) is 4.78. The summed E-state index contributed by atoms with van der Waals surface area (Å²) in [6.07, 6.45) is 4.37. The van der Waals surface area contributed by atoms with Crippen molar-refractivity contribution in [1.82, 2.24) is 25.0 Å². The van der Waals surface area contributed by atoms with Gasteiger partial charge in [0.15, 0.2) is 0 Å². The molecule has 9 nitrogen and oxygen atoms in total. The lowest BCUT2D eigenvalue weighted by Gasteiger charge is -2.16. The lowest BCUT2D eigenvalue weighted by Crippen LogP contribution is -2.30. The van der Waals surface area contributed by atoms with E-state index in [0.29, 0.717) is 24.0 Å². The number of fused-ring (bicyclic) bond motifs is 2. The number of nitrogens with zero attached hydrogens (tertiary/aromatic N) is 3. The summed E-state index contributed by atoms with van der Waals surface area (Å²) in [7, 11) is 0. The van der Waals surface area contributed by atoms with Crippen molar-refractivity contribution in [3.05, 3.63) is 99.4 Å². The van der Waals surface area contributed by atoms with Gasteiger partial charge in [0.1, 0.15) is 17.2 Å². The molecule has 0 saturated heterocycles. The second-order valence-electron chi connectivity index (χ2n) is 9.07. The minimum absolute atomic E-state index is 0.0245. The van der Waals surface area contributed by atoms with Crippen LogP contribution in [0.25, 0.3) is 5.78 Å². The smallest absolute Gasteiger partial charge is 0.335 e. The largest absolute Gasteiger partial charge is 0.478 e. The van der Waals surface area contributed by atoms with Gasteiger partial charge in [0.05, 0.1) is 11.6 Å². The normalized spacial score (nSPS) is 14.4. The third-order valence-electron chi connectivity index (χ3n) is 6.74. The first-order valence-corrected chi connectivity index (χ1v) is 11.8. The van der Waals surface area contributed by atoms with E-state index in [0.717, 1.165) is 16.7 Å². The van der Waals surface area contributed by atoms with Crippen LogP contribution in [-0.4, -0.2) is 37.3 Å². The zero-order valence-corrected chi connectivity index (χ0v) is 20.2. The summed E-state index contributed by atoms with van der Waals surface area (Å²) in [5.41, 5.74) is 4.21. The fraction of sp³-hybridized carbons (Fsp3) is 0.222. The average molecular weight is 502 g/mol. The van der Waals surface area contributed by atoms with Crippen molar-refractivity contribution in [3.63, 3.8) is 0 Å². The highest BCUT2D eigenvalue weighted by atomic mass is 19.1. The third-order valence-corrected chi connectivity index (χ3v) is 6.74. The number of carboxylic acid groups (broad SMARTS) is 1. The quantitative estimate of drug-likeness (QED) is 0.371. The number of benzene rings is 2.